The molecule has 1 atom stereocenters. The van der Waals surface area contributed by atoms with Gasteiger partial charge in [0.2, 0.25) is 0 Å². The average Bonchev–Trinajstić information content (AvgIpc) is 2.72. The van der Waals surface area contributed by atoms with Crippen LogP contribution >= 0.6 is 0 Å². The number of rotatable bonds is 3. The van der Waals surface area contributed by atoms with Gasteiger partial charge in [-0.2, -0.15) is 0 Å². The van der Waals surface area contributed by atoms with Crippen molar-refractivity contribution in [1.82, 2.24) is 15.0 Å². The third-order valence-electron chi connectivity index (χ3n) is 2.96. The highest BCUT2D eigenvalue weighted by atomic mass is 16.3. The van der Waals surface area contributed by atoms with Crippen LogP contribution < -0.4 is 0 Å². The van der Waals surface area contributed by atoms with E-state index in [1.807, 2.05) is 20.2 Å². The van der Waals surface area contributed by atoms with Gasteiger partial charge in [-0.25, -0.2) is 0 Å². The minimum Gasteiger partial charge on any atom is -0.393 e. The zero-order valence-electron chi connectivity index (χ0n) is 8.06. The van der Waals surface area contributed by atoms with Crippen LogP contribution in [0.4, 0.5) is 0 Å². The summed E-state index contributed by atoms with van der Waals surface area (Å²) in [5, 5.41) is 17.5. The summed E-state index contributed by atoms with van der Waals surface area (Å²) in [6.07, 6.45) is 4.78. The summed E-state index contributed by atoms with van der Waals surface area (Å²) in [5.74, 6) is 0. The van der Waals surface area contributed by atoms with E-state index in [0.29, 0.717) is 0 Å². The van der Waals surface area contributed by atoms with E-state index in [1.165, 1.54) is 0 Å². The summed E-state index contributed by atoms with van der Waals surface area (Å²) in [7, 11) is 1.86. The Morgan fingerprint density at radius 2 is 2.38 bits per heavy atom. The quantitative estimate of drug-likeness (QED) is 0.739. The second kappa shape index (κ2) is 2.80. The Hall–Kier alpha value is -0.900. The highest BCUT2D eigenvalue weighted by Crippen LogP contribution is 2.50. The number of nitrogens with zero attached hydrogens (tertiary/aromatic N) is 3. The molecular formula is C9H15N3O. The van der Waals surface area contributed by atoms with E-state index in [9.17, 15) is 5.11 Å². The summed E-state index contributed by atoms with van der Waals surface area (Å²) >= 11 is 0. The van der Waals surface area contributed by atoms with Crippen LogP contribution in [0.5, 0.6) is 0 Å². The number of hydrogen-bond acceptors (Lipinski definition) is 3. The van der Waals surface area contributed by atoms with Gasteiger partial charge in [0.15, 0.2) is 0 Å². The number of aromatic nitrogens is 3. The first kappa shape index (κ1) is 8.69. The summed E-state index contributed by atoms with van der Waals surface area (Å²) in [5.41, 5.74) is 1.09. The average molecular weight is 181 g/mol. The molecule has 1 heterocycles. The fraction of sp³-hybridized carbons (Fsp3) is 0.778. The Labute approximate surface area is 77.6 Å². The van der Waals surface area contributed by atoms with Crippen molar-refractivity contribution in [3.8, 4) is 0 Å². The molecule has 1 unspecified atom stereocenters. The standard InChI is InChI=1S/C9H15N3O/c1-7(13)9(3-4-9)5-8-6-12(2)11-10-8/h6-7,13H,3-5H2,1-2H3. The van der Waals surface area contributed by atoms with Gasteiger partial charge in [0.25, 0.3) is 0 Å². The van der Waals surface area contributed by atoms with Gasteiger partial charge in [0.1, 0.15) is 0 Å². The fourth-order valence-corrected chi connectivity index (χ4v) is 1.74. The number of hydrogen-bond donors (Lipinski definition) is 1. The number of aliphatic hydroxyl groups excluding tert-OH is 1. The first-order valence-corrected chi connectivity index (χ1v) is 4.66. The van der Waals surface area contributed by atoms with Crippen molar-refractivity contribution in [3.05, 3.63) is 11.9 Å². The van der Waals surface area contributed by atoms with E-state index in [-0.39, 0.29) is 11.5 Å². The van der Waals surface area contributed by atoms with Crippen molar-refractivity contribution in [1.29, 1.82) is 0 Å². The van der Waals surface area contributed by atoms with Gasteiger partial charge >= 0.3 is 0 Å². The lowest BCUT2D eigenvalue weighted by molar-refractivity contribution is 0.110. The summed E-state index contributed by atoms with van der Waals surface area (Å²) in [4.78, 5) is 0. The molecule has 0 radical (unpaired) electrons. The SMILES string of the molecule is CC(O)C1(Cc2cn(C)nn2)CC1. The van der Waals surface area contributed by atoms with Crippen LogP contribution in [0.1, 0.15) is 25.5 Å². The van der Waals surface area contributed by atoms with Gasteiger partial charge in [0, 0.05) is 25.1 Å². The molecule has 1 saturated carbocycles. The van der Waals surface area contributed by atoms with E-state index in [0.717, 1.165) is 25.0 Å². The minimum absolute atomic E-state index is 0.107. The van der Waals surface area contributed by atoms with Crippen molar-refractivity contribution in [2.24, 2.45) is 12.5 Å². The summed E-state index contributed by atoms with van der Waals surface area (Å²) in [6.45, 7) is 1.86. The van der Waals surface area contributed by atoms with E-state index < -0.39 is 0 Å². The molecule has 1 aliphatic rings. The largest absolute Gasteiger partial charge is 0.393 e. The van der Waals surface area contributed by atoms with Crippen molar-refractivity contribution < 1.29 is 5.11 Å². The predicted octanol–water partition coefficient (Wildman–Crippen LogP) is 0.519. The monoisotopic (exact) mass is 181 g/mol. The molecular weight excluding hydrogens is 166 g/mol. The maximum atomic E-state index is 9.56. The molecule has 0 bridgehead atoms. The number of aliphatic hydroxyl groups is 1. The molecule has 1 aliphatic carbocycles. The molecule has 4 heteroatoms. The lowest BCUT2D eigenvalue weighted by atomic mass is 9.95. The van der Waals surface area contributed by atoms with Crippen LogP contribution in [0.3, 0.4) is 0 Å². The lowest BCUT2D eigenvalue weighted by Crippen LogP contribution is -2.20. The summed E-state index contributed by atoms with van der Waals surface area (Å²) in [6, 6.07) is 0. The van der Waals surface area contributed by atoms with Crippen LogP contribution in [0.15, 0.2) is 6.20 Å². The van der Waals surface area contributed by atoms with Gasteiger partial charge in [0.05, 0.1) is 11.8 Å². The van der Waals surface area contributed by atoms with Crippen molar-refractivity contribution in [3.63, 3.8) is 0 Å². The Bertz CT molecular complexity index is 302. The van der Waals surface area contributed by atoms with Crippen molar-refractivity contribution >= 4 is 0 Å². The van der Waals surface area contributed by atoms with E-state index in [1.54, 1.807) is 4.68 Å². The van der Waals surface area contributed by atoms with Gasteiger partial charge in [-0.05, 0) is 19.8 Å². The maximum absolute atomic E-state index is 9.56. The Balaban J connectivity index is 2.06. The minimum atomic E-state index is -0.227. The molecule has 1 aromatic rings. The topological polar surface area (TPSA) is 50.9 Å². The molecule has 13 heavy (non-hydrogen) atoms. The van der Waals surface area contributed by atoms with Gasteiger partial charge in [-0.3, -0.25) is 4.68 Å². The van der Waals surface area contributed by atoms with Crippen LogP contribution in [0, 0.1) is 5.41 Å². The van der Waals surface area contributed by atoms with Crippen LogP contribution in [-0.4, -0.2) is 26.2 Å². The third kappa shape index (κ3) is 1.58. The first-order chi connectivity index (χ1) is 6.12. The predicted molar refractivity (Wildman–Crippen MR) is 48.1 cm³/mol. The molecule has 4 nitrogen and oxygen atoms in total. The zero-order chi connectivity index (χ0) is 9.47. The van der Waals surface area contributed by atoms with Crippen LogP contribution in [-0.2, 0) is 13.5 Å². The Kier molecular flexibility index (Phi) is 1.87. The van der Waals surface area contributed by atoms with E-state index in [2.05, 4.69) is 10.3 Å². The normalized spacial score (nSPS) is 21.5. The molecule has 1 fully saturated rings. The molecule has 0 amide bonds. The third-order valence-corrected chi connectivity index (χ3v) is 2.96. The second-order valence-corrected chi connectivity index (χ2v) is 4.10. The highest BCUT2D eigenvalue weighted by Gasteiger charge is 2.47. The molecule has 0 aliphatic heterocycles. The molecule has 0 aromatic carbocycles. The Morgan fingerprint density at radius 3 is 2.77 bits per heavy atom. The molecule has 72 valence electrons. The smallest absolute Gasteiger partial charge is 0.0833 e. The maximum Gasteiger partial charge on any atom is 0.0833 e. The molecule has 0 spiro atoms. The number of aryl methyl sites for hydroxylation is 1. The first-order valence-electron chi connectivity index (χ1n) is 4.66. The summed E-state index contributed by atoms with van der Waals surface area (Å²) < 4.78 is 1.70. The van der Waals surface area contributed by atoms with Crippen LogP contribution in [0.25, 0.3) is 0 Å². The van der Waals surface area contributed by atoms with Crippen molar-refractivity contribution in [2.75, 3.05) is 0 Å². The zero-order valence-corrected chi connectivity index (χ0v) is 8.06. The fourth-order valence-electron chi connectivity index (χ4n) is 1.74. The molecule has 2 rings (SSSR count). The van der Waals surface area contributed by atoms with Gasteiger partial charge in [-0.1, -0.05) is 5.21 Å². The van der Waals surface area contributed by atoms with Crippen molar-refractivity contribution in [2.45, 2.75) is 32.3 Å². The van der Waals surface area contributed by atoms with Gasteiger partial charge in [-0.15, -0.1) is 5.10 Å². The lowest BCUT2D eigenvalue weighted by Gasteiger charge is -2.16. The molecule has 0 saturated heterocycles. The van der Waals surface area contributed by atoms with Crippen LogP contribution in [0.2, 0.25) is 0 Å². The Morgan fingerprint density at radius 1 is 1.69 bits per heavy atom. The molecule has 1 aromatic heterocycles. The van der Waals surface area contributed by atoms with E-state index >= 15 is 0 Å². The highest BCUT2D eigenvalue weighted by molar-refractivity contribution is 5.07. The second-order valence-electron chi connectivity index (χ2n) is 4.10. The molecule has 1 N–H and O–H groups in total. The van der Waals surface area contributed by atoms with Gasteiger partial charge < -0.3 is 5.11 Å². The van der Waals surface area contributed by atoms with E-state index in [4.69, 9.17) is 0 Å².